The van der Waals surface area contributed by atoms with Crippen LogP contribution in [0.3, 0.4) is 0 Å². The summed E-state index contributed by atoms with van der Waals surface area (Å²) >= 11 is 0. The van der Waals surface area contributed by atoms with Crippen molar-refractivity contribution in [3.8, 4) is 0 Å². The van der Waals surface area contributed by atoms with E-state index in [0.29, 0.717) is 5.31 Å². The molecular formula is C16H21N3O2. The monoisotopic (exact) mass is 296 g/mol. The van der Waals surface area contributed by atoms with Crippen molar-refractivity contribution in [2.75, 3.05) is 27.2 Å². The molecule has 112 valence electrons. The Labute approximate surface area is 137 Å². The SMILES string of the molecule is [2H]c1c(C([2H])([2H])[C@H]2COC(=O)N2[2H])c([2H])c2c(C([2H])([2H])CN(C)C)cn([2H])c2c1[2H]. The predicted molar refractivity (Wildman–Crippen MR) is 82.5 cm³/mol. The number of hydrogen-bond donors (Lipinski definition) is 2. The largest absolute Gasteiger partial charge is 0.447 e. The molecule has 5 nitrogen and oxygen atoms in total. The molecule has 0 spiro atoms. The highest BCUT2D eigenvalue weighted by Gasteiger charge is 2.22. The zero-order valence-corrected chi connectivity index (χ0v) is 11.7. The first-order valence-corrected chi connectivity index (χ1v) is 6.46. The van der Waals surface area contributed by atoms with Gasteiger partial charge in [0.05, 0.1) is 10.2 Å². The number of nitrogens with one attached hydrogen (secondary N) is 2. The number of aromatic nitrogens is 1. The Balaban J connectivity index is 2.32. The van der Waals surface area contributed by atoms with Gasteiger partial charge in [-0.1, -0.05) is 6.04 Å². The van der Waals surface area contributed by atoms with Gasteiger partial charge < -0.3 is 19.9 Å². The Bertz CT molecular complexity index is 1020. The predicted octanol–water partition coefficient (Wildman–Crippen LogP) is 1.92. The van der Waals surface area contributed by atoms with Crippen LogP contribution in [0.5, 0.6) is 0 Å². The molecule has 1 aliphatic heterocycles. The van der Waals surface area contributed by atoms with Crippen LogP contribution in [0.4, 0.5) is 4.79 Å². The second-order valence-corrected chi connectivity index (χ2v) is 4.93. The molecule has 1 atom stereocenters. The Kier molecular flexibility index (Phi) is 1.88. The number of ether oxygens (including phenoxy) is 1. The van der Waals surface area contributed by atoms with E-state index in [4.69, 9.17) is 17.2 Å². The molecule has 1 aromatic carbocycles. The molecule has 3 rings (SSSR count). The third-order valence-corrected chi connectivity index (χ3v) is 2.91. The Morgan fingerprint density at radius 1 is 1.57 bits per heavy atom. The number of rotatable bonds is 5. The second kappa shape index (κ2) is 5.77. The van der Waals surface area contributed by atoms with Crippen molar-refractivity contribution in [2.24, 2.45) is 0 Å². The number of carbonyl (C=O) groups is 1. The lowest BCUT2D eigenvalue weighted by atomic mass is 10.0. The minimum atomic E-state index is -2.60. The molecule has 2 heterocycles. The Hall–Kier alpha value is -2.01. The van der Waals surface area contributed by atoms with Crippen LogP contribution in [0.1, 0.15) is 20.7 Å². The van der Waals surface area contributed by atoms with Crippen molar-refractivity contribution in [2.45, 2.75) is 18.8 Å². The first-order chi connectivity index (χ1) is 13.7. The fraction of sp³-hybridized carbons (Fsp3) is 0.438. The van der Waals surface area contributed by atoms with Crippen LogP contribution in [0.2, 0.25) is 2.82 Å². The van der Waals surface area contributed by atoms with Gasteiger partial charge in [-0.05, 0) is 50.1 Å². The molecule has 5 heteroatoms. The number of cyclic esters (lactones) is 1. The molecule has 2 aromatic rings. The quantitative estimate of drug-likeness (QED) is 0.886. The highest BCUT2D eigenvalue weighted by molar-refractivity contribution is 5.84. The summed E-state index contributed by atoms with van der Waals surface area (Å²) in [7, 11) is 3.31. The lowest BCUT2D eigenvalue weighted by Gasteiger charge is -2.09. The average molecular weight is 296 g/mol. The number of hydrogen-bond acceptors (Lipinski definition) is 3. The normalized spacial score (nSPS) is 26.2. The highest BCUT2D eigenvalue weighted by atomic mass is 16.6. The maximum absolute atomic E-state index is 11.5. The van der Waals surface area contributed by atoms with E-state index in [1.165, 1.54) is 0 Å². The number of carbonyl (C=O) groups excluding carboxylic acids is 1. The maximum Gasteiger partial charge on any atom is 0.407 e. The van der Waals surface area contributed by atoms with Crippen molar-refractivity contribution < 1.29 is 22.0 Å². The van der Waals surface area contributed by atoms with Crippen LogP contribution in [0.25, 0.3) is 10.9 Å². The number of benzene rings is 1. The van der Waals surface area contributed by atoms with Gasteiger partial charge in [0, 0.05) is 29.1 Å². The molecular weight excluding hydrogens is 266 g/mol. The van der Waals surface area contributed by atoms with Crippen LogP contribution < -0.4 is 5.31 Å². The minimum Gasteiger partial charge on any atom is -0.447 e. The first-order valence-electron chi connectivity index (χ1n) is 10.9. The summed E-state index contributed by atoms with van der Waals surface area (Å²) in [5.41, 5.74) is -0.796. The van der Waals surface area contributed by atoms with Gasteiger partial charge in [-0.25, -0.2) is 4.79 Å². The molecule has 1 amide bonds. The molecule has 1 saturated heterocycles. The fourth-order valence-electron chi connectivity index (χ4n) is 1.93. The zero-order valence-electron chi connectivity index (χ0n) is 20.7. The van der Waals surface area contributed by atoms with E-state index in [1.807, 2.05) is 0 Å². The summed E-state index contributed by atoms with van der Waals surface area (Å²) in [5, 5.41) is 0.160. The van der Waals surface area contributed by atoms with E-state index in [0.717, 1.165) is 11.2 Å². The van der Waals surface area contributed by atoms with E-state index in [-0.39, 0.29) is 23.0 Å². The van der Waals surface area contributed by atoms with Gasteiger partial charge in [-0.3, -0.25) is 0 Å². The molecule has 0 aliphatic carbocycles. The van der Waals surface area contributed by atoms with Gasteiger partial charge in [0.1, 0.15) is 6.61 Å². The van der Waals surface area contributed by atoms with Crippen LogP contribution in [0, 0.1) is 0 Å². The first kappa shape index (κ1) is 6.83. The molecule has 2 N–H and O–H groups in total. The van der Waals surface area contributed by atoms with Crippen molar-refractivity contribution in [3.05, 3.63) is 35.5 Å². The molecule has 21 heavy (non-hydrogen) atoms. The van der Waals surface area contributed by atoms with Crippen LogP contribution in [-0.2, 0) is 17.5 Å². The standard InChI is InChI=1S/C16H21N3O2/c1-19(2)6-5-12-9-17-15-4-3-11(8-14(12)15)7-13-10-21-16(20)18-13/h3-4,8-9,13,17H,5-7,10H2,1-2H3,(H,18,20)/t13-/m0/s1/i3D,4D,5D2,7D2,8D/hD2. The van der Waals surface area contributed by atoms with Gasteiger partial charge in [0.2, 0.25) is 0 Å². The van der Waals surface area contributed by atoms with Crippen LogP contribution >= 0.6 is 0 Å². The number of nitrogens with zero attached hydrogens (tertiary/aromatic N) is 1. The number of H-pyrrole nitrogens is 1. The number of aromatic amines is 1. The van der Waals surface area contributed by atoms with E-state index in [9.17, 15) is 4.79 Å². The number of fused-ring (bicyclic) bond motifs is 1. The van der Waals surface area contributed by atoms with E-state index >= 15 is 0 Å². The average Bonchev–Trinajstić information content (AvgIpc) is 3.13. The maximum atomic E-state index is 11.5. The van der Waals surface area contributed by atoms with E-state index < -0.39 is 55.2 Å². The smallest absolute Gasteiger partial charge is 0.407 e. The van der Waals surface area contributed by atoms with Crippen LogP contribution in [0.15, 0.2) is 24.3 Å². The van der Waals surface area contributed by atoms with Crippen molar-refractivity contribution in [3.63, 3.8) is 0 Å². The van der Waals surface area contributed by atoms with Crippen LogP contribution in [-0.4, -0.2) is 49.3 Å². The molecule has 1 aliphatic rings. The summed E-state index contributed by atoms with van der Waals surface area (Å²) < 4.78 is 79.5. The van der Waals surface area contributed by atoms with Gasteiger partial charge in [-0.2, -0.15) is 0 Å². The molecule has 1 fully saturated rings. The van der Waals surface area contributed by atoms with Crippen molar-refractivity contribution >= 4 is 17.0 Å². The number of likely N-dealkylation sites (N-methyl/N-ethyl adjacent to an activating group) is 1. The molecule has 1 aromatic heterocycles. The van der Waals surface area contributed by atoms with E-state index in [1.54, 1.807) is 19.0 Å². The number of amides is 1. The summed E-state index contributed by atoms with van der Waals surface area (Å²) in [6, 6.07) is -3.19. The van der Waals surface area contributed by atoms with E-state index in [2.05, 4.69) is 0 Å². The zero-order chi connectivity index (χ0) is 22.8. The Morgan fingerprint density at radius 3 is 3.14 bits per heavy atom. The van der Waals surface area contributed by atoms with Gasteiger partial charge >= 0.3 is 6.09 Å². The second-order valence-electron chi connectivity index (χ2n) is 4.93. The van der Waals surface area contributed by atoms with Crippen molar-refractivity contribution in [1.82, 2.24) is 15.2 Å². The summed E-state index contributed by atoms with van der Waals surface area (Å²) in [5.74, 6) is 0. The lowest BCUT2D eigenvalue weighted by molar-refractivity contribution is 0.177. The molecule has 0 bridgehead atoms. The highest BCUT2D eigenvalue weighted by Crippen LogP contribution is 2.21. The molecule has 0 radical (unpaired) electrons. The Morgan fingerprint density at radius 2 is 2.43 bits per heavy atom. The topological polar surface area (TPSA) is 57.4 Å². The third-order valence-electron chi connectivity index (χ3n) is 2.91. The number of alkyl carbamates (subject to hydrolysis) is 1. The van der Waals surface area contributed by atoms with Gasteiger partial charge in [0.25, 0.3) is 0 Å². The summed E-state index contributed by atoms with van der Waals surface area (Å²) in [4.78, 5) is 13.8. The molecule has 0 saturated carbocycles. The fourth-order valence-corrected chi connectivity index (χ4v) is 1.93. The minimum absolute atomic E-state index is 0.0711. The summed E-state index contributed by atoms with van der Waals surface area (Å²) in [6.45, 7) is -0.553. The van der Waals surface area contributed by atoms with Crippen molar-refractivity contribution in [1.29, 1.82) is 0 Å². The summed E-state index contributed by atoms with van der Waals surface area (Å²) in [6.07, 6.45) is -4.56. The molecule has 0 unspecified atom stereocenters. The third kappa shape index (κ3) is 3.19. The van der Waals surface area contributed by atoms with Gasteiger partial charge in [0.15, 0.2) is 2.82 Å². The van der Waals surface area contributed by atoms with Gasteiger partial charge in [-0.15, -0.1) is 0 Å². The lowest BCUT2D eigenvalue weighted by Crippen LogP contribution is -2.28.